The topological polar surface area (TPSA) is 98.5 Å². The molecular formula is C17H24N2O4S. The molecule has 1 aliphatic carbocycles. The summed E-state index contributed by atoms with van der Waals surface area (Å²) in [6.07, 6.45) is 1.96. The Kier molecular flexibility index (Phi) is 5.32. The number of hydrogen-bond donors (Lipinski definition) is 2. The van der Waals surface area contributed by atoms with E-state index in [4.69, 9.17) is 10.5 Å². The molecule has 0 fully saturated rings. The summed E-state index contributed by atoms with van der Waals surface area (Å²) in [5.41, 5.74) is 6.32. The number of thiophene rings is 1. The number of primary amides is 1. The van der Waals surface area contributed by atoms with Crippen molar-refractivity contribution in [2.45, 2.75) is 53.1 Å². The Morgan fingerprint density at radius 3 is 2.62 bits per heavy atom. The molecule has 3 N–H and O–H groups in total. The van der Waals surface area contributed by atoms with Crippen molar-refractivity contribution in [1.82, 2.24) is 5.32 Å². The van der Waals surface area contributed by atoms with E-state index in [-0.39, 0.29) is 5.41 Å². The molecule has 3 amide bonds. The summed E-state index contributed by atoms with van der Waals surface area (Å²) in [5.74, 6) is -0.692. The second-order valence-corrected chi connectivity index (χ2v) is 8.40. The highest BCUT2D eigenvalue weighted by Crippen LogP contribution is 2.40. The van der Waals surface area contributed by atoms with E-state index in [2.05, 4.69) is 20.8 Å². The molecule has 0 unspecified atom stereocenters. The number of nitrogens with one attached hydrogen (secondary N) is 1. The van der Waals surface area contributed by atoms with Crippen LogP contribution < -0.4 is 11.1 Å². The molecule has 0 saturated heterocycles. The highest BCUT2D eigenvalue weighted by molar-refractivity contribution is 7.14. The Hall–Kier alpha value is -1.89. The van der Waals surface area contributed by atoms with Crippen LogP contribution in [0.15, 0.2) is 6.07 Å². The quantitative estimate of drug-likeness (QED) is 0.817. The van der Waals surface area contributed by atoms with Crippen LogP contribution in [-0.4, -0.2) is 24.0 Å². The number of amides is 3. The minimum atomic E-state index is -1.08. The standard InChI is InChI=1S/C17H24N2O4S/c1-9(14(20)19-16(18)22)23-15(21)13-8-10-7-11(17(2,3)4)5-6-12(10)24-13/h8-9,11H,5-7H2,1-4H3,(H3,18,19,20,22)/t9-,11+/m0/s1. The molecule has 6 nitrogen and oxygen atoms in total. The van der Waals surface area contributed by atoms with Crippen LogP contribution in [0.5, 0.6) is 0 Å². The lowest BCUT2D eigenvalue weighted by molar-refractivity contribution is -0.127. The van der Waals surface area contributed by atoms with Gasteiger partial charge in [0.1, 0.15) is 4.88 Å². The lowest BCUT2D eigenvalue weighted by Crippen LogP contribution is -2.42. The van der Waals surface area contributed by atoms with Crippen molar-refractivity contribution in [2.24, 2.45) is 17.1 Å². The summed E-state index contributed by atoms with van der Waals surface area (Å²) >= 11 is 1.43. The van der Waals surface area contributed by atoms with Crippen molar-refractivity contribution in [3.63, 3.8) is 0 Å². The van der Waals surface area contributed by atoms with Crippen LogP contribution in [0.3, 0.4) is 0 Å². The maximum atomic E-state index is 12.2. The van der Waals surface area contributed by atoms with Gasteiger partial charge < -0.3 is 10.5 Å². The number of ether oxygens (including phenoxy) is 1. The van der Waals surface area contributed by atoms with Crippen molar-refractivity contribution in [3.8, 4) is 0 Å². The van der Waals surface area contributed by atoms with Gasteiger partial charge in [-0.05, 0) is 49.1 Å². The van der Waals surface area contributed by atoms with E-state index in [0.29, 0.717) is 10.8 Å². The zero-order valence-corrected chi connectivity index (χ0v) is 15.3. The van der Waals surface area contributed by atoms with Crippen molar-refractivity contribution in [2.75, 3.05) is 0 Å². The van der Waals surface area contributed by atoms with E-state index < -0.39 is 24.0 Å². The first-order valence-electron chi connectivity index (χ1n) is 8.00. The van der Waals surface area contributed by atoms with Crippen molar-refractivity contribution >= 4 is 29.2 Å². The molecule has 0 saturated carbocycles. The molecule has 1 aromatic rings. The molecule has 24 heavy (non-hydrogen) atoms. The fraction of sp³-hybridized carbons (Fsp3) is 0.588. The third-order valence-corrected chi connectivity index (χ3v) is 5.63. The van der Waals surface area contributed by atoms with Gasteiger partial charge in [-0.3, -0.25) is 10.1 Å². The van der Waals surface area contributed by atoms with Gasteiger partial charge in [0.2, 0.25) is 0 Å². The lowest BCUT2D eigenvalue weighted by atomic mass is 9.72. The number of carbonyl (C=O) groups is 3. The van der Waals surface area contributed by atoms with Gasteiger partial charge in [0.05, 0.1) is 0 Å². The van der Waals surface area contributed by atoms with E-state index in [1.54, 1.807) is 0 Å². The highest BCUT2D eigenvalue weighted by Gasteiger charge is 2.31. The first-order chi connectivity index (χ1) is 11.1. The van der Waals surface area contributed by atoms with Crippen LogP contribution in [0.4, 0.5) is 4.79 Å². The number of urea groups is 1. The molecule has 0 aromatic carbocycles. The summed E-state index contributed by atoms with van der Waals surface area (Å²) in [4.78, 5) is 36.2. The third kappa shape index (κ3) is 4.35. The van der Waals surface area contributed by atoms with E-state index >= 15 is 0 Å². The van der Waals surface area contributed by atoms with Crippen LogP contribution in [0.25, 0.3) is 0 Å². The molecular weight excluding hydrogens is 328 g/mol. The van der Waals surface area contributed by atoms with Crippen molar-refractivity contribution in [3.05, 3.63) is 21.4 Å². The monoisotopic (exact) mass is 352 g/mol. The Morgan fingerprint density at radius 1 is 1.38 bits per heavy atom. The summed E-state index contributed by atoms with van der Waals surface area (Å²) in [7, 11) is 0. The number of esters is 1. The van der Waals surface area contributed by atoms with Crippen molar-refractivity contribution in [1.29, 1.82) is 0 Å². The largest absolute Gasteiger partial charge is 0.448 e. The summed E-state index contributed by atoms with van der Waals surface area (Å²) < 4.78 is 5.12. The van der Waals surface area contributed by atoms with Gasteiger partial charge in [0.25, 0.3) is 5.91 Å². The van der Waals surface area contributed by atoms with Gasteiger partial charge in [0.15, 0.2) is 6.10 Å². The predicted octanol–water partition coefficient (Wildman–Crippen LogP) is 2.64. The molecule has 1 heterocycles. The van der Waals surface area contributed by atoms with Crippen LogP contribution in [0, 0.1) is 11.3 Å². The fourth-order valence-corrected chi connectivity index (χ4v) is 3.95. The summed E-state index contributed by atoms with van der Waals surface area (Å²) in [6, 6.07) is 0.904. The first-order valence-corrected chi connectivity index (χ1v) is 8.82. The predicted molar refractivity (Wildman–Crippen MR) is 91.9 cm³/mol. The molecule has 0 spiro atoms. The molecule has 1 aromatic heterocycles. The second kappa shape index (κ2) is 6.93. The van der Waals surface area contributed by atoms with Gasteiger partial charge in [-0.15, -0.1) is 11.3 Å². The van der Waals surface area contributed by atoms with Crippen LogP contribution in [0.1, 0.15) is 54.2 Å². The van der Waals surface area contributed by atoms with Gasteiger partial charge >= 0.3 is 12.0 Å². The van der Waals surface area contributed by atoms with E-state index in [1.165, 1.54) is 28.7 Å². The SMILES string of the molecule is C[C@H](OC(=O)c1cc2c(s1)CC[C@@H](C(C)(C)C)C2)C(=O)NC(N)=O. The van der Waals surface area contributed by atoms with E-state index in [1.807, 2.05) is 11.4 Å². The molecule has 132 valence electrons. The average Bonchev–Trinajstić information content (AvgIpc) is 2.88. The first kappa shape index (κ1) is 18.4. The normalized spacial score (nSPS) is 18.4. The number of hydrogen-bond acceptors (Lipinski definition) is 5. The van der Waals surface area contributed by atoms with Gasteiger partial charge in [-0.1, -0.05) is 20.8 Å². The number of imide groups is 1. The summed E-state index contributed by atoms with van der Waals surface area (Å²) in [5, 5.41) is 1.90. The molecule has 2 atom stereocenters. The number of rotatable bonds is 3. The maximum absolute atomic E-state index is 12.2. The highest BCUT2D eigenvalue weighted by atomic mass is 32.1. The zero-order chi connectivity index (χ0) is 18.1. The van der Waals surface area contributed by atoms with Crippen LogP contribution in [0.2, 0.25) is 0 Å². The fourth-order valence-electron chi connectivity index (χ4n) is 2.86. The molecule has 0 radical (unpaired) electrons. The smallest absolute Gasteiger partial charge is 0.349 e. The van der Waals surface area contributed by atoms with Gasteiger partial charge in [-0.25, -0.2) is 9.59 Å². The lowest BCUT2D eigenvalue weighted by Gasteiger charge is -2.33. The molecule has 2 rings (SSSR count). The molecule has 7 heteroatoms. The molecule has 1 aliphatic rings. The maximum Gasteiger partial charge on any atom is 0.349 e. The second-order valence-electron chi connectivity index (χ2n) is 7.27. The number of carbonyl (C=O) groups excluding carboxylic acids is 3. The molecule has 0 aliphatic heterocycles. The Labute approximate surface area is 145 Å². The van der Waals surface area contributed by atoms with Gasteiger partial charge in [0, 0.05) is 4.88 Å². The van der Waals surface area contributed by atoms with Crippen LogP contribution >= 0.6 is 11.3 Å². The van der Waals surface area contributed by atoms with E-state index in [0.717, 1.165) is 19.3 Å². The van der Waals surface area contributed by atoms with E-state index in [9.17, 15) is 14.4 Å². The van der Waals surface area contributed by atoms with Crippen molar-refractivity contribution < 1.29 is 19.1 Å². The Morgan fingerprint density at radius 2 is 2.04 bits per heavy atom. The minimum absolute atomic E-state index is 0.238. The van der Waals surface area contributed by atoms with Crippen LogP contribution in [-0.2, 0) is 22.4 Å². The zero-order valence-electron chi connectivity index (χ0n) is 14.5. The minimum Gasteiger partial charge on any atom is -0.448 e. The number of fused-ring (bicyclic) bond motifs is 1. The Bertz CT molecular complexity index is 660. The molecule has 0 bridgehead atoms. The number of aryl methyl sites for hydroxylation is 1. The Balaban J connectivity index is 2.04. The average molecular weight is 352 g/mol. The number of nitrogens with two attached hydrogens (primary N) is 1. The van der Waals surface area contributed by atoms with Gasteiger partial charge in [-0.2, -0.15) is 0 Å². The third-order valence-electron chi connectivity index (χ3n) is 4.41. The summed E-state index contributed by atoms with van der Waals surface area (Å²) in [6.45, 7) is 8.12.